The first-order chi connectivity index (χ1) is 9.53. The van der Waals surface area contributed by atoms with Gasteiger partial charge in [-0.2, -0.15) is 0 Å². The Balaban J connectivity index is 2.60. The Hall–Kier alpha value is -0.193. The second-order valence-corrected chi connectivity index (χ2v) is 12.9. The molecule has 4 heteroatoms. The molecule has 1 rings (SSSR count). The predicted octanol–water partition coefficient (Wildman–Crippen LogP) is 4.42. The van der Waals surface area contributed by atoms with Gasteiger partial charge in [-0.25, -0.2) is 0 Å². The summed E-state index contributed by atoms with van der Waals surface area (Å²) in [5.74, 6) is 0.488. The van der Waals surface area contributed by atoms with Crippen LogP contribution in [0.15, 0.2) is 0 Å². The van der Waals surface area contributed by atoms with Gasteiger partial charge in [-0.05, 0) is 31.0 Å². The van der Waals surface area contributed by atoms with E-state index in [2.05, 4.69) is 47.7 Å². The van der Waals surface area contributed by atoms with Crippen LogP contribution in [0.3, 0.4) is 0 Å². The molecule has 0 N–H and O–H groups in total. The van der Waals surface area contributed by atoms with E-state index in [0.29, 0.717) is 5.92 Å². The lowest BCUT2D eigenvalue weighted by atomic mass is 9.94. The van der Waals surface area contributed by atoms with E-state index in [9.17, 15) is 4.79 Å². The minimum absolute atomic E-state index is 0.0913. The molecular formula is C17H34O3Si. The molecule has 1 aliphatic heterocycles. The lowest BCUT2D eigenvalue weighted by Gasteiger charge is -2.40. The number of hydrogen-bond acceptors (Lipinski definition) is 3. The van der Waals surface area contributed by atoms with Crippen LogP contribution in [-0.2, 0) is 14.0 Å². The highest BCUT2D eigenvalue weighted by atomic mass is 28.4. The third-order valence-corrected chi connectivity index (χ3v) is 9.72. The van der Waals surface area contributed by atoms with E-state index in [1.54, 1.807) is 0 Å². The average Bonchev–Trinajstić information content (AvgIpc) is 3.12. The molecule has 1 aliphatic rings. The zero-order chi connectivity index (χ0) is 16.4. The molecule has 0 aliphatic carbocycles. The summed E-state index contributed by atoms with van der Waals surface area (Å²) >= 11 is 0. The van der Waals surface area contributed by atoms with Gasteiger partial charge in [0.25, 0.3) is 0 Å². The molecule has 0 amide bonds. The number of epoxide rings is 1. The summed E-state index contributed by atoms with van der Waals surface area (Å²) in [6.45, 7) is 17.8. The Morgan fingerprint density at radius 2 is 1.86 bits per heavy atom. The first-order valence-electron chi connectivity index (χ1n) is 8.32. The monoisotopic (exact) mass is 314 g/mol. The highest BCUT2D eigenvalue weighted by Gasteiger charge is 2.48. The standard InChI is InChI=1S/C17H34O3Si/c1-9-14(20-21(7,8)17(4,5)6)13(3)16-15(19-16)10-12(2)11-18/h11-16H,9-10H2,1-8H3/t12-,13+,14-,15?,16+/m0/s1. The predicted molar refractivity (Wildman–Crippen MR) is 90.0 cm³/mol. The van der Waals surface area contributed by atoms with Gasteiger partial charge < -0.3 is 14.0 Å². The SMILES string of the molecule is CC[C@H](O[Si](C)(C)C(C)(C)C)[C@@H](C)[C@H]1OC1C[C@H](C)C=O. The van der Waals surface area contributed by atoms with Gasteiger partial charge in [0.15, 0.2) is 8.32 Å². The van der Waals surface area contributed by atoms with Crippen molar-refractivity contribution in [3.63, 3.8) is 0 Å². The highest BCUT2D eigenvalue weighted by Crippen LogP contribution is 2.41. The summed E-state index contributed by atoms with van der Waals surface area (Å²) in [6, 6.07) is 0. The fraction of sp³-hybridized carbons (Fsp3) is 0.941. The highest BCUT2D eigenvalue weighted by molar-refractivity contribution is 6.74. The first kappa shape index (κ1) is 18.9. The summed E-state index contributed by atoms with van der Waals surface area (Å²) in [5, 5.41) is 0.232. The van der Waals surface area contributed by atoms with E-state index in [1.807, 2.05) is 6.92 Å². The van der Waals surface area contributed by atoms with Gasteiger partial charge in [-0.3, -0.25) is 0 Å². The van der Waals surface area contributed by atoms with E-state index >= 15 is 0 Å². The van der Waals surface area contributed by atoms with Crippen LogP contribution in [0.4, 0.5) is 0 Å². The van der Waals surface area contributed by atoms with Crippen molar-refractivity contribution < 1.29 is 14.0 Å². The van der Waals surface area contributed by atoms with Crippen molar-refractivity contribution in [2.45, 2.75) is 90.8 Å². The van der Waals surface area contributed by atoms with Gasteiger partial charge in [-0.1, -0.05) is 41.5 Å². The van der Waals surface area contributed by atoms with Crippen molar-refractivity contribution in [3.8, 4) is 0 Å². The first-order valence-corrected chi connectivity index (χ1v) is 11.2. The molecule has 21 heavy (non-hydrogen) atoms. The van der Waals surface area contributed by atoms with Crippen LogP contribution in [0.5, 0.6) is 0 Å². The minimum atomic E-state index is -1.74. The molecular weight excluding hydrogens is 280 g/mol. The van der Waals surface area contributed by atoms with Crippen LogP contribution in [0.25, 0.3) is 0 Å². The Morgan fingerprint density at radius 3 is 2.29 bits per heavy atom. The molecule has 5 atom stereocenters. The van der Waals surface area contributed by atoms with Crippen molar-refractivity contribution >= 4 is 14.6 Å². The number of hydrogen-bond donors (Lipinski definition) is 0. The summed E-state index contributed by atoms with van der Waals surface area (Å²) in [7, 11) is -1.74. The average molecular weight is 315 g/mol. The van der Waals surface area contributed by atoms with Crippen molar-refractivity contribution in [2.24, 2.45) is 11.8 Å². The van der Waals surface area contributed by atoms with E-state index < -0.39 is 8.32 Å². The van der Waals surface area contributed by atoms with Crippen molar-refractivity contribution in [2.75, 3.05) is 0 Å². The largest absolute Gasteiger partial charge is 0.414 e. The van der Waals surface area contributed by atoms with Gasteiger partial charge >= 0.3 is 0 Å². The normalized spacial score (nSPS) is 27.0. The van der Waals surface area contributed by atoms with Crippen molar-refractivity contribution in [3.05, 3.63) is 0 Å². The van der Waals surface area contributed by atoms with E-state index in [4.69, 9.17) is 9.16 Å². The summed E-state index contributed by atoms with van der Waals surface area (Å²) < 4.78 is 12.4. The fourth-order valence-corrected chi connectivity index (χ4v) is 4.05. The fourth-order valence-electron chi connectivity index (χ4n) is 2.56. The molecule has 0 aromatic carbocycles. The lowest BCUT2D eigenvalue weighted by molar-refractivity contribution is -0.110. The third-order valence-electron chi connectivity index (χ3n) is 5.22. The van der Waals surface area contributed by atoms with E-state index in [0.717, 1.165) is 19.1 Å². The molecule has 1 fully saturated rings. The number of carbonyl (C=O) groups excluding carboxylic acids is 1. The van der Waals surface area contributed by atoms with Crippen molar-refractivity contribution in [1.82, 2.24) is 0 Å². The quantitative estimate of drug-likeness (QED) is 0.378. The van der Waals surface area contributed by atoms with Gasteiger partial charge in [0.1, 0.15) is 6.29 Å². The maximum absolute atomic E-state index is 10.8. The maximum atomic E-state index is 10.8. The van der Waals surface area contributed by atoms with Crippen LogP contribution in [0.2, 0.25) is 18.1 Å². The number of carbonyl (C=O) groups is 1. The van der Waals surface area contributed by atoms with E-state index in [1.165, 1.54) is 0 Å². The molecule has 0 saturated carbocycles. The Kier molecular flexibility index (Phi) is 6.22. The molecule has 0 aromatic rings. The number of rotatable bonds is 8. The molecule has 3 nitrogen and oxygen atoms in total. The van der Waals surface area contributed by atoms with Crippen LogP contribution < -0.4 is 0 Å². The molecule has 0 bridgehead atoms. The number of aldehydes is 1. The summed E-state index contributed by atoms with van der Waals surface area (Å²) in [6.07, 6.45) is 3.65. The second kappa shape index (κ2) is 6.92. The lowest BCUT2D eigenvalue weighted by Crippen LogP contribution is -2.46. The van der Waals surface area contributed by atoms with Crippen LogP contribution in [0.1, 0.15) is 54.4 Å². The van der Waals surface area contributed by atoms with Gasteiger partial charge in [0.2, 0.25) is 0 Å². The maximum Gasteiger partial charge on any atom is 0.192 e. The zero-order valence-electron chi connectivity index (χ0n) is 15.1. The zero-order valence-corrected chi connectivity index (χ0v) is 16.1. The van der Waals surface area contributed by atoms with Crippen LogP contribution in [-0.4, -0.2) is 32.9 Å². The third kappa shape index (κ3) is 4.90. The van der Waals surface area contributed by atoms with Crippen LogP contribution in [0, 0.1) is 11.8 Å². The van der Waals surface area contributed by atoms with E-state index in [-0.39, 0.29) is 29.3 Å². The van der Waals surface area contributed by atoms with Crippen LogP contribution >= 0.6 is 0 Å². The Morgan fingerprint density at radius 1 is 1.29 bits per heavy atom. The Labute approximate surface area is 131 Å². The molecule has 1 heterocycles. The second-order valence-electron chi connectivity index (χ2n) is 8.17. The summed E-state index contributed by atoms with van der Waals surface area (Å²) in [4.78, 5) is 10.8. The molecule has 1 unspecified atom stereocenters. The number of ether oxygens (including phenoxy) is 1. The minimum Gasteiger partial charge on any atom is -0.414 e. The van der Waals surface area contributed by atoms with Gasteiger partial charge in [0, 0.05) is 17.9 Å². The summed E-state index contributed by atoms with van der Waals surface area (Å²) in [5.41, 5.74) is 0. The van der Waals surface area contributed by atoms with Crippen molar-refractivity contribution in [1.29, 1.82) is 0 Å². The van der Waals surface area contributed by atoms with Gasteiger partial charge in [-0.15, -0.1) is 0 Å². The molecule has 0 spiro atoms. The molecule has 0 aromatic heterocycles. The smallest absolute Gasteiger partial charge is 0.192 e. The topological polar surface area (TPSA) is 38.8 Å². The Bertz CT molecular complexity index is 348. The van der Waals surface area contributed by atoms with Gasteiger partial charge in [0.05, 0.1) is 12.2 Å². The molecule has 124 valence electrons. The molecule has 0 radical (unpaired) electrons. The molecule has 1 saturated heterocycles.